The third-order valence-corrected chi connectivity index (χ3v) is 5.55. The number of fused-ring (bicyclic) bond motifs is 1. The highest BCUT2D eigenvalue weighted by Crippen LogP contribution is 2.34. The largest absolute Gasteiger partial charge is 0.454 e. The van der Waals surface area contributed by atoms with Gasteiger partial charge in [0.2, 0.25) is 24.6 Å². The van der Waals surface area contributed by atoms with Gasteiger partial charge in [-0.2, -0.15) is 0 Å². The van der Waals surface area contributed by atoms with Gasteiger partial charge in [0.15, 0.2) is 11.5 Å². The summed E-state index contributed by atoms with van der Waals surface area (Å²) in [6.07, 6.45) is 0.0177. The number of anilines is 2. The van der Waals surface area contributed by atoms with Crippen molar-refractivity contribution >= 4 is 29.1 Å². The van der Waals surface area contributed by atoms with Crippen molar-refractivity contribution in [2.75, 3.05) is 43.2 Å². The molecule has 2 amide bonds. The van der Waals surface area contributed by atoms with Crippen molar-refractivity contribution in [3.05, 3.63) is 48.5 Å². The zero-order chi connectivity index (χ0) is 21.2. The molecule has 2 N–H and O–H groups in total. The number of rotatable bonds is 3. The lowest BCUT2D eigenvalue weighted by Crippen LogP contribution is -2.56. The minimum atomic E-state index is -0.777. The van der Waals surface area contributed by atoms with Crippen LogP contribution < -0.4 is 25.0 Å². The number of nitrogens with one attached hydrogen (secondary N) is 2. The fourth-order valence-electron chi connectivity index (χ4n) is 3.90. The Bertz CT molecular complexity index is 1020. The first-order valence-corrected chi connectivity index (χ1v) is 10.3. The second kappa shape index (κ2) is 8.17. The van der Waals surface area contributed by atoms with Crippen LogP contribution in [0.2, 0.25) is 0 Å². The number of aliphatic imine (C=N–C) groups is 1. The second-order valence-electron chi connectivity index (χ2n) is 7.59. The summed E-state index contributed by atoms with van der Waals surface area (Å²) in [5.74, 6) is 1.16. The summed E-state index contributed by atoms with van der Waals surface area (Å²) in [7, 11) is 0. The average Bonchev–Trinajstić information content (AvgIpc) is 3.27. The first-order chi connectivity index (χ1) is 15.2. The molecule has 0 bridgehead atoms. The third kappa shape index (κ3) is 4.11. The quantitative estimate of drug-likeness (QED) is 0.778. The van der Waals surface area contributed by atoms with Gasteiger partial charge < -0.3 is 24.6 Å². The molecule has 3 aliphatic heterocycles. The molecule has 31 heavy (non-hydrogen) atoms. The van der Waals surface area contributed by atoms with Crippen molar-refractivity contribution in [1.29, 1.82) is 0 Å². The Hall–Kier alpha value is -3.75. The lowest BCUT2D eigenvalue weighted by atomic mass is 10.1. The number of guanidine groups is 1. The van der Waals surface area contributed by atoms with Crippen molar-refractivity contribution in [3.63, 3.8) is 0 Å². The molecular weight excluding hydrogens is 398 g/mol. The van der Waals surface area contributed by atoms with Gasteiger partial charge in [0.05, 0.1) is 6.42 Å². The van der Waals surface area contributed by atoms with Gasteiger partial charge in [-0.15, -0.1) is 0 Å². The summed E-state index contributed by atoms with van der Waals surface area (Å²) in [6.45, 7) is 3.22. The molecule has 5 rings (SSSR count). The van der Waals surface area contributed by atoms with Gasteiger partial charge in [-0.3, -0.25) is 14.9 Å². The number of ether oxygens (including phenoxy) is 2. The minimum Gasteiger partial charge on any atom is -0.454 e. The lowest BCUT2D eigenvalue weighted by molar-refractivity contribution is -0.125. The molecule has 160 valence electrons. The van der Waals surface area contributed by atoms with Crippen molar-refractivity contribution in [3.8, 4) is 11.5 Å². The Kier molecular flexibility index (Phi) is 5.07. The van der Waals surface area contributed by atoms with E-state index in [9.17, 15) is 9.59 Å². The number of benzene rings is 2. The molecule has 0 radical (unpaired) electrons. The van der Waals surface area contributed by atoms with Gasteiger partial charge >= 0.3 is 0 Å². The van der Waals surface area contributed by atoms with Crippen LogP contribution in [0.4, 0.5) is 11.4 Å². The highest BCUT2D eigenvalue weighted by molar-refractivity contribution is 6.06. The zero-order valence-electron chi connectivity index (χ0n) is 16.9. The molecule has 2 aromatic rings. The van der Waals surface area contributed by atoms with E-state index in [4.69, 9.17) is 9.47 Å². The van der Waals surface area contributed by atoms with Crippen LogP contribution in [-0.4, -0.2) is 61.7 Å². The van der Waals surface area contributed by atoms with E-state index in [1.807, 2.05) is 23.1 Å². The Morgan fingerprint density at radius 1 is 1.00 bits per heavy atom. The van der Waals surface area contributed by atoms with Crippen LogP contribution in [0.25, 0.3) is 0 Å². The van der Waals surface area contributed by atoms with Gasteiger partial charge in [0.25, 0.3) is 0 Å². The van der Waals surface area contributed by atoms with Crippen LogP contribution in [0, 0.1) is 0 Å². The van der Waals surface area contributed by atoms with Gasteiger partial charge in [0.1, 0.15) is 6.04 Å². The fraction of sp³-hybridized carbons (Fsp3) is 0.318. The Balaban J connectivity index is 1.24. The summed E-state index contributed by atoms with van der Waals surface area (Å²) < 4.78 is 10.6. The maximum absolute atomic E-state index is 12.8. The highest BCUT2D eigenvalue weighted by atomic mass is 16.7. The topological polar surface area (TPSA) is 95.5 Å². The van der Waals surface area contributed by atoms with E-state index in [-0.39, 0.29) is 25.0 Å². The second-order valence-corrected chi connectivity index (χ2v) is 7.59. The molecule has 1 atom stereocenters. The van der Waals surface area contributed by atoms with Crippen molar-refractivity contribution in [1.82, 2.24) is 10.2 Å². The third-order valence-electron chi connectivity index (χ3n) is 5.55. The molecule has 9 heteroatoms. The summed E-state index contributed by atoms with van der Waals surface area (Å²) in [6, 6.07) is 14.6. The molecule has 3 aliphatic rings. The number of hydrogen-bond donors (Lipinski definition) is 2. The molecule has 3 heterocycles. The van der Waals surface area contributed by atoms with E-state index < -0.39 is 6.04 Å². The lowest BCUT2D eigenvalue weighted by Gasteiger charge is -2.38. The number of carbonyl (C=O) groups excluding carboxylic acids is 2. The number of piperazine rings is 1. The Morgan fingerprint density at radius 3 is 2.55 bits per heavy atom. The molecule has 1 saturated heterocycles. The van der Waals surface area contributed by atoms with E-state index >= 15 is 0 Å². The van der Waals surface area contributed by atoms with Crippen molar-refractivity contribution < 1.29 is 19.1 Å². The monoisotopic (exact) mass is 421 g/mol. The summed E-state index contributed by atoms with van der Waals surface area (Å²) in [5, 5.41) is 5.65. The molecule has 9 nitrogen and oxygen atoms in total. The van der Waals surface area contributed by atoms with Crippen LogP contribution in [0.3, 0.4) is 0 Å². The first kappa shape index (κ1) is 19.2. The molecule has 0 spiro atoms. The fourth-order valence-corrected chi connectivity index (χ4v) is 3.90. The number of carbonyl (C=O) groups is 2. The van der Waals surface area contributed by atoms with E-state index in [2.05, 4.69) is 32.7 Å². The number of hydrogen-bond acceptors (Lipinski definition) is 7. The Morgan fingerprint density at radius 2 is 1.74 bits per heavy atom. The van der Waals surface area contributed by atoms with E-state index in [1.165, 1.54) is 5.69 Å². The van der Waals surface area contributed by atoms with E-state index in [0.717, 1.165) is 13.1 Å². The molecule has 0 aliphatic carbocycles. The van der Waals surface area contributed by atoms with Crippen molar-refractivity contribution in [2.45, 2.75) is 12.5 Å². The molecule has 0 saturated carbocycles. The predicted molar refractivity (Wildman–Crippen MR) is 115 cm³/mol. The molecule has 1 unspecified atom stereocenters. The minimum absolute atomic E-state index is 0.0177. The van der Waals surface area contributed by atoms with Crippen LogP contribution >= 0.6 is 0 Å². The van der Waals surface area contributed by atoms with E-state index in [0.29, 0.717) is 36.2 Å². The maximum Gasteiger partial charge on any atom is 0.249 e. The zero-order valence-corrected chi connectivity index (χ0v) is 16.9. The van der Waals surface area contributed by atoms with Gasteiger partial charge in [-0.1, -0.05) is 18.2 Å². The van der Waals surface area contributed by atoms with Crippen LogP contribution in [-0.2, 0) is 9.59 Å². The number of amides is 2. The number of para-hydroxylation sites is 1. The van der Waals surface area contributed by atoms with Gasteiger partial charge in [0, 0.05) is 43.6 Å². The van der Waals surface area contributed by atoms with Crippen molar-refractivity contribution in [2.24, 2.45) is 4.99 Å². The SMILES string of the molecule is O=C1CC(C(=O)Nc2ccc3c(c2)OCO3)N=C(N2CCN(c3ccccc3)CC2)N1. The van der Waals surface area contributed by atoms with Gasteiger partial charge in [-0.05, 0) is 24.3 Å². The average molecular weight is 421 g/mol. The van der Waals surface area contributed by atoms with E-state index in [1.54, 1.807) is 18.2 Å². The standard InChI is InChI=1S/C22H23N5O4/c28-20-13-17(21(29)23-15-6-7-18-19(12-15)31-14-30-18)24-22(25-20)27-10-8-26(9-11-27)16-4-2-1-3-5-16/h1-7,12,17H,8-11,13-14H2,(H,23,29)(H,24,25,28). The normalized spacial score (nSPS) is 20.2. The number of nitrogens with zero attached hydrogens (tertiary/aromatic N) is 3. The summed E-state index contributed by atoms with van der Waals surface area (Å²) in [4.78, 5) is 33.9. The molecule has 1 fully saturated rings. The molecule has 2 aromatic carbocycles. The smallest absolute Gasteiger partial charge is 0.249 e. The molecule has 0 aromatic heterocycles. The highest BCUT2D eigenvalue weighted by Gasteiger charge is 2.31. The first-order valence-electron chi connectivity index (χ1n) is 10.3. The Labute approximate surface area is 179 Å². The summed E-state index contributed by atoms with van der Waals surface area (Å²) in [5.41, 5.74) is 1.76. The van der Waals surface area contributed by atoms with Gasteiger partial charge in [-0.25, -0.2) is 4.99 Å². The molecular formula is C22H23N5O4. The maximum atomic E-state index is 12.8. The predicted octanol–water partition coefficient (Wildman–Crippen LogP) is 1.42. The summed E-state index contributed by atoms with van der Waals surface area (Å²) >= 11 is 0. The van der Waals surface area contributed by atoms with Crippen LogP contribution in [0.1, 0.15) is 6.42 Å². The van der Waals surface area contributed by atoms with Crippen LogP contribution in [0.15, 0.2) is 53.5 Å². The van der Waals surface area contributed by atoms with Crippen LogP contribution in [0.5, 0.6) is 11.5 Å².